The lowest BCUT2D eigenvalue weighted by Crippen LogP contribution is -2.13. The van der Waals surface area contributed by atoms with Crippen molar-refractivity contribution in [3.63, 3.8) is 0 Å². The van der Waals surface area contributed by atoms with Gasteiger partial charge < -0.3 is 4.74 Å². The molecule has 0 aliphatic heterocycles. The van der Waals surface area contributed by atoms with Gasteiger partial charge in [-0.3, -0.25) is 0 Å². The standard InChI is InChI=1S/C12H25BrO/c1-10(2)9-12(4)14-8-6-11(3)5-7-13/h10-12H,5-9H2,1-4H3. The summed E-state index contributed by atoms with van der Waals surface area (Å²) >= 11 is 3.46. The molecule has 0 aromatic rings. The summed E-state index contributed by atoms with van der Waals surface area (Å²) in [5, 5.41) is 1.11. The van der Waals surface area contributed by atoms with E-state index in [9.17, 15) is 0 Å². The molecule has 0 radical (unpaired) electrons. The highest BCUT2D eigenvalue weighted by Crippen LogP contribution is 2.12. The normalized spacial score (nSPS) is 15.9. The van der Waals surface area contributed by atoms with Gasteiger partial charge in [-0.1, -0.05) is 36.7 Å². The summed E-state index contributed by atoms with van der Waals surface area (Å²) in [6.45, 7) is 9.87. The molecular weight excluding hydrogens is 240 g/mol. The van der Waals surface area contributed by atoms with Gasteiger partial charge in [0.1, 0.15) is 0 Å². The van der Waals surface area contributed by atoms with Crippen molar-refractivity contribution in [1.29, 1.82) is 0 Å². The average molecular weight is 265 g/mol. The fourth-order valence-electron chi connectivity index (χ4n) is 1.53. The summed E-state index contributed by atoms with van der Waals surface area (Å²) in [5.41, 5.74) is 0. The van der Waals surface area contributed by atoms with E-state index in [1.54, 1.807) is 0 Å². The van der Waals surface area contributed by atoms with E-state index in [1.165, 1.54) is 19.3 Å². The zero-order valence-electron chi connectivity index (χ0n) is 10.1. The van der Waals surface area contributed by atoms with E-state index >= 15 is 0 Å². The molecule has 2 atom stereocenters. The van der Waals surface area contributed by atoms with Gasteiger partial charge in [0.05, 0.1) is 6.10 Å². The molecule has 0 fully saturated rings. The lowest BCUT2D eigenvalue weighted by Gasteiger charge is -2.16. The van der Waals surface area contributed by atoms with Crippen LogP contribution in [0.15, 0.2) is 0 Å². The van der Waals surface area contributed by atoms with Crippen molar-refractivity contribution in [3.8, 4) is 0 Å². The van der Waals surface area contributed by atoms with Gasteiger partial charge in [-0.05, 0) is 38.0 Å². The van der Waals surface area contributed by atoms with Gasteiger partial charge in [0.2, 0.25) is 0 Å². The van der Waals surface area contributed by atoms with E-state index in [0.717, 1.165) is 23.8 Å². The molecular formula is C12H25BrO. The van der Waals surface area contributed by atoms with Crippen molar-refractivity contribution in [2.45, 2.75) is 53.1 Å². The summed E-state index contributed by atoms with van der Waals surface area (Å²) in [5.74, 6) is 1.52. The Balaban J connectivity index is 3.34. The molecule has 0 saturated heterocycles. The Kier molecular flexibility index (Phi) is 9.00. The highest BCUT2D eigenvalue weighted by molar-refractivity contribution is 9.09. The molecule has 14 heavy (non-hydrogen) atoms. The zero-order valence-corrected chi connectivity index (χ0v) is 11.6. The molecule has 2 unspecified atom stereocenters. The van der Waals surface area contributed by atoms with Crippen LogP contribution < -0.4 is 0 Å². The fraction of sp³-hybridized carbons (Fsp3) is 1.00. The fourth-order valence-corrected chi connectivity index (χ4v) is 2.31. The molecule has 0 saturated carbocycles. The third-order valence-corrected chi connectivity index (χ3v) is 2.88. The Morgan fingerprint density at radius 2 is 1.71 bits per heavy atom. The molecule has 0 rings (SSSR count). The number of ether oxygens (including phenoxy) is 1. The van der Waals surface area contributed by atoms with Crippen LogP contribution in [-0.2, 0) is 4.74 Å². The van der Waals surface area contributed by atoms with Crippen LogP contribution in [0, 0.1) is 11.8 Å². The third kappa shape index (κ3) is 9.01. The van der Waals surface area contributed by atoms with E-state index in [1.807, 2.05) is 0 Å². The van der Waals surface area contributed by atoms with Crippen LogP contribution in [0.5, 0.6) is 0 Å². The maximum absolute atomic E-state index is 5.75. The lowest BCUT2D eigenvalue weighted by molar-refractivity contribution is 0.0444. The minimum Gasteiger partial charge on any atom is -0.378 e. The minimum atomic E-state index is 0.422. The van der Waals surface area contributed by atoms with Gasteiger partial charge >= 0.3 is 0 Å². The van der Waals surface area contributed by atoms with E-state index in [-0.39, 0.29) is 0 Å². The molecule has 0 aliphatic carbocycles. The lowest BCUT2D eigenvalue weighted by atomic mass is 10.1. The molecule has 0 heterocycles. The topological polar surface area (TPSA) is 9.23 Å². The van der Waals surface area contributed by atoms with Gasteiger partial charge in [0.25, 0.3) is 0 Å². The second-order valence-corrected chi connectivity index (χ2v) is 5.48. The van der Waals surface area contributed by atoms with Crippen LogP contribution >= 0.6 is 15.9 Å². The molecule has 0 N–H and O–H groups in total. The second kappa shape index (κ2) is 8.72. The highest BCUT2D eigenvalue weighted by Gasteiger charge is 2.06. The van der Waals surface area contributed by atoms with Gasteiger partial charge in [-0.2, -0.15) is 0 Å². The van der Waals surface area contributed by atoms with Crippen molar-refractivity contribution in [3.05, 3.63) is 0 Å². The first kappa shape index (κ1) is 14.4. The van der Waals surface area contributed by atoms with E-state index in [0.29, 0.717) is 6.10 Å². The Morgan fingerprint density at radius 3 is 2.21 bits per heavy atom. The smallest absolute Gasteiger partial charge is 0.0549 e. The summed E-state index contributed by atoms with van der Waals surface area (Å²) < 4.78 is 5.75. The Morgan fingerprint density at radius 1 is 1.07 bits per heavy atom. The van der Waals surface area contributed by atoms with E-state index in [4.69, 9.17) is 4.74 Å². The van der Waals surface area contributed by atoms with Crippen LogP contribution in [-0.4, -0.2) is 18.0 Å². The molecule has 0 spiro atoms. The number of rotatable bonds is 8. The predicted octanol–water partition coefficient (Wildman–Crippen LogP) is 4.25. The predicted molar refractivity (Wildman–Crippen MR) is 67.1 cm³/mol. The molecule has 0 aromatic carbocycles. The summed E-state index contributed by atoms with van der Waals surface area (Å²) in [4.78, 5) is 0. The first-order valence-corrected chi connectivity index (χ1v) is 6.86. The summed E-state index contributed by atoms with van der Waals surface area (Å²) in [6.07, 6.45) is 4.04. The van der Waals surface area contributed by atoms with Crippen LogP contribution in [0.3, 0.4) is 0 Å². The Labute approximate surface area is 97.7 Å². The molecule has 1 nitrogen and oxygen atoms in total. The average Bonchev–Trinajstić information content (AvgIpc) is 2.02. The monoisotopic (exact) mass is 264 g/mol. The van der Waals surface area contributed by atoms with Crippen molar-refractivity contribution in [2.75, 3.05) is 11.9 Å². The maximum Gasteiger partial charge on any atom is 0.0549 e. The van der Waals surface area contributed by atoms with E-state index < -0.39 is 0 Å². The Hall–Kier alpha value is 0.440. The first-order chi connectivity index (χ1) is 6.56. The quantitative estimate of drug-likeness (QED) is 0.596. The van der Waals surface area contributed by atoms with Gasteiger partial charge in [0.15, 0.2) is 0 Å². The van der Waals surface area contributed by atoms with Gasteiger partial charge in [0, 0.05) is 11.9 Å². The van der Waals surface area contributed by atoms with Gasteiger partial charge in [-0.15, -0.1) is 0 Å². The Bertz CT molecular complexity index is 125. The molecule has 2 heteroatoms. The van der Waals surface area contributed by atoms with Gasteiger partial charge in [-0.25, -0.2) is 0 Å². The molecule has 0 amide bonds. The number of hydrogen-bond donors (Lipinski definition) is 0. The van der Waals surface area contributed by atoms with E-state index in [2.05, 4.69) is 43.6 Å². The summed E-state index contributed by atoms with van der Waals surface area (Å²) in [7, 11) is 0. The van der Waals surface area contributed by atoms with Crippen LogP contribution in [0.2, 0.25) is 0 Å². The van der Waals surface area contributed by atoms with Crippen LogP contribution in [0.4, 0.5) is 0 Å². The molecule has 0 bridgehead atoms. The van der Waals surface area contributed by atoms with Crippen LogP contribution in [0.1, 0.15) is 47.0 Å². The maximum atomic E-state index is 5.75. The largest absolute Gasteiger partial charge is 0.378 e. The van der Waals surface area contributed by atoms with Crippen molar-refractivity contribution in [2.24, 2.45) is 11.8 Å². The SMILES string of the molecule is CC(C)CC(C)OCCC(C)CCBr. The number of halogens is 1. The number of hydrogen-bond acceptors (Lipinski definition) is 1. The number of alkyl halides is 1. The molecule has 0 aliphatic rings. The molecule has 0 aromatic heterocycles. The summed E-state index contributed by atoms with van der Waals surface area (Å²) in [6, 6.07) is 0. The highest BCUT2D eigenvalue weighted by atomic mass is 79.9. The van der Waals surface area contributed by atoms with Crippen LogP contribution in [0.25, 0.3) is 0 Å². The third-order valence-electron chi connectivity index (χ3n) is 2.42. The van der Waals surface area contributed by atoms with Crippen molar-refractivity contribution < 1.29 is 4.74 Å². The van der Waals surface area contributed by atoms with Crippen molar-refractivity contribution >= 4 is 15.9 Å². The minimum absolute atomic E-state index is 0.422. The van der Waals surface area contributed by atoms with Crippen molar-refractivity contribution in [1.82, 2.24) is 0 Å². The second-order valence-electron chi connectivity index (χ2n) is 4.68. The zero-order chi connectivity index (χ0) is 11.0. The molecule has 86 valence electrons. The first-order valence-electron chi connectivity index (χ1n) is 5.73.